The third-order valence-electron chi connectivity index (χ3n) is 3.49. The minimum Gasteiger partial charge on any atom is -0.481 e. The Balaban J connectivity index is 1.69. The van der Waals surface area contributed by atoms with Gasteiger partial charge >= 0.3 is 5.97 Å². The second kappa shape index (κ2) is 8.45. The minimum atomic E-state index is -0.794. The van der Waals surface area contributed by atoms with E-state index in [-0.39, 0.29) is 25.0 Å². The second-order valence-corrected chi connectivity index (χ2v) is 5.28. The lowest BCUT2D eigenvalue weighted by Crippen LogP contribution is -2.41. The zero-order valence-corrected chi connectivity index (χ0v) is 12.4. The SMILES string of the molecule is O=C(O)CCN1CCCC(OCC(=O)Nc2ccccn2)C1. The number of carboxylic acids is 1. The van der Waals surface area contributed by atoms with Crippen LogP contribution in [0.1, 0.15) is 19.3 Å². The van der Waals surface area contributed by atoms with Crippen molar-refractivity contribution >= 4 is 17.7 Å². The predicted molar refractivity (Wildman–Crippen MR) is 80.5 cm³/mol. The molecule has 0 bridgehead atoms. The second-order valence-electron chi connectivity index (χ2n) is 5.28. The van der Waals surface area contributed by atoms with Gasteiger partial charge in [0.05, 0.1) is 12.5 Å². The Labute approximate surface area is 129 Å². The number of carboxylic acid groups (broad SMARTS) is 1. The molecule has 0 spiro atoms. The fourth-order valence-electron chi connectivity index (χ4n) is 2.42. The van der Waals surface area contributed by atoms with Crippen molar-refractivity contribution in [1.82, 2.24) is 9.88 Å². The van der Waals surface area contributed by atoms with E-state index in [0.717, 1.165) is 19.4 Å². The average molecular weight is 307 g/mol. The molecule has 0 saturated carbocycles. The topological polar surface area (TPSA) is 91.8 Å². The number of anilines is 1. The van der Waals surface area contributed by atoms with Gasteiger partial charge in [-0.25, -0.2) is 4.98 Å². The number of ether oxygens (including phenoxy) is 1. The van der Waals surface area contributed by atoms with Gasteiger partial charge in [0.1, 0.15) is 12.4 Å². The number of nitrogens with one attached hydrogen (secondary N) is 1. The molecule has 120 valence electrons. The number of hydrogen-bond donors (Lipinski definition) is 2. The molecule has 1 amide bonds. The van der Waals surface area contributed by atoms with Crippen LogP contribution in [-0.2, 0) is 14.3 Å². The van der Waals surface area contributed by atoms with E-state index in [4.69, 9.17) is 9.84 Å². The maximum atomic E-state index is 11.8. The highest BCUT2D eigenvalue weighted by atomic mass is 16.5. The molecule has 1 aliphatic rings. The number of aromatic nitrogens is 1. The van der Waals surface area contributed by atoms with Gasteiger partial charge < -0.3 is 20.1 Å². The van der Waals surface area contributed by atoms with Crippen LogP contribution in [-0.4, -0.2) is 59.2 Å². The summed E-state index contributed by atoms with van der Waals surface area (Å²) in [6.45, 7) is 2.06. The molecule has 2 heterocycles. The van der Waals surface area contributed by atoms with Crippen molar-refractivity contribution in [3.8, 4) is 0 Å². The van der Waals surface area contributed by atoms with Crippen LogP contribution in [0.25, 0.3) is 0 Å². The molecule has 2 rings (SSSR count). The van der Waals surface area contributed by atoms with Gasteiger partial charge in [-0.05, 0) is 31.5 Å². The van der Waals surface area contributed by atoms with Gasteiger partial charge in [0, 0.05) is 19.3 Å². The van der Waals surface area contributed by atoms with Gasteiger partial charge in [-0.3, -0.25) is 9.59 Å². The number of nitrogens with zero attached hydrogens (tertiary/aromatic N) is 2. The third-order valence-corrected chi connectivity index (χ3v) is 3.49. The van der Waals surface area contributed by atoms with Crippen molar-refractivity contribution in [2.75, 3.05) is 31.6 Å². The molecule has 1 aromatic heterocycles. The van der Waals surface area contributed by atoms with Crippen molar-refractivity contribution in [2.24, 2.45) is 0 Å². The Hall–Kier alpha value is -1.99. The summed E-state index contributed by atoms with van der Waals surface area (Å²) in [5, 5.41) is 11.4. The van der Waals surface area contributed by atoms with E-state index in [1.54, 1.807) is 24.4 Å². The normalized spacial score (nSPS) is 18.8. The average Bonchev–Trinajstić information content (AvgIpc) is 2.52. The van der Waals surface area contributed by atoms with Crippen LogP contribution < -0.4 is 5.32 Å². The fraction of sp³-hybridized carbons (Fsp3) is 0.533. The summed E-state index contributed by atoms with van der Waals surface area (Å²) < 4.78 is 5.63. The lowest BCUT2D eigenvalue weighted by Gasteiger charge is -2.32. The summed E-state index contributed by atoms with van der Waals surface area (Å²) in [6, 6.07) is 5.29. The Morgan fingerprint density at radius 1 is 1.45 bits per heavy atom. The first-order valence-corrected chi connectivity index (χ1v) is 7.40. The Morgan fingerprint density at radius 2 is 2.32 bits per heavy atom. The number of hydrogen-bond acceptors (Lipinski definition) is 5. The summed E-state index contributed by atoms with van der Waals surface area (Å²) in [4.78, 5) is 28.5. The van der Waals surface area contributed by atoms with Crippen LogP contribution in [0.3, 0.4) is 0 Å². The van der Waals surface area contributed by atoms with Crippen LogP contribution >= 0.6 is 0 Å². The number of likely N-dealkylation sites (tertiary alicyclic amines) is 1. The quantitative estimate of drug-likeness (QED) is 0.780. The Morgan fingerprint density at radius 3 is 3.05 bits per heavy atom. The Bertz CT molecular complexity index is 495. The first-order valence-electron chi connectivity index (χ1n) is 7.40. The van der Waals surface area contributed by atoms with E-state index < -0.39 is 5.97 Å². The maximum absolute atomic E-state index is 11.8. The molecule has 0 aromatic carbocycles. The molecule has 1 fully saturated rings. The van der Waals surface area contributed by atoms with Crippen LogP contribution in [0.15, 0.2) is 24.4 Å². The van der Waals surface area contributed by atoms with Crippen molar-refractivity contribution in [3.63, 3.8) is 0 Å². The summed E-state index contributed by atoms with van der Waals surface area (Å²) >= 11 is 0. The number of amides is 1. The summed E-state index contributed by atoms with van der Waals surface area (Å²) in [5.41, 5.74) is 0. The van der Waals surface area contributed by atoms with Crippen LogP contribution in [0.2, 0.25) is 0 Å². The third kappa shape index (κ3) is 5.79. The van der Waals surface area contributed by atoms with E-state index in [2.05, 4.69) is 15.2 Å². The van der Waals surface area contributed by atoms with E-state index in [1.807, 2.05) is 0 Å². The maximum Gasteiger partial charge on any atom is 0.304 e. The van der Waals surface area contributed by atoms with Crippen molar-refractivity contribution < 1.29 is 19.4 Å². The van der Waals surface area contributed by atoms with E-state index in [9.17, 15) is 9.59 Å². The number of pyridine rings is 1. The van der Waals surface area contributed by atoms with Gasteiger partial charge in [-0.15, -0.1) is 0 Å². The zero-order valence-electron chi connectivity index (χ0n) is 12.4. The van der Waals surface area contributed by atoms with Crippen LogP contribution in [0.4, 0.5) is 5.82 Å². The molecule has 1 saturated heterocycles. The molecule has 0 radical (unpaired) electrons. The number of piperidine rings is 1. The van der Waals surface area contributed by atoms with Crippen LogP contribution in [0, 0.1) is 0 Å². The highest BCUT2D eigenvalue weighted by Gasteiger charge is 2.21. The number of carbonyl (C=O) groups excluding carboxylic acids is 1. The van der Waals surface area contributed by atoms with Crippen molar-refractivity contribution in [1.29, 1.82) is 0 Å². The summed E-state index contributed by atoms with van der Waals surface area (Å²) in [6.07, 6.45) is 3.55. The minimum absolute atomic E-state index is 0.0198. The molecule has 0 aliphatic carbocycles. The summed E-state index contributed by atoms with van der Waals surface area (Å²) in [7, 11) is 0. The Kier molecular flexibility index (Phi) is 6.29. The largest absolute Gasteiger partial charge is 0.481 e. The highest BCUT2D eigenvalue weighted by Crippen LogP contribution is 2.13. The highest BCUT2D eigenvalue weighted by molar-refractivity contribution is 5.90. The molecular weight excluding hydrogens is 286 g/mol. The molecule has 1 aromatic rings. The molecule has 22 heavy (non-hydrogen) atoms. The van der Waals surface area contributed by atoms with Gasteiger partial charge in [-0.1, -0.05) is 6.07 Å². The van der Waals surface area contributed by atoms with Gasteiger partial charge in [-0.2, -0.15) is 0 Å². The van der Waals surface area contributed by atoms with Crippen molar-refractivity contribution in [2.45, 2.75) is 25.4 Å². The van der Waals surface area contributed by atoms with Crippen molar-refractivity contribution in [3.05, 3.63) is 24.4 Å². The van der Waals surface area contributed by atoms with Gasteiger partial charge in [0.2, 0.25) is 0 Å². The lowest BCUT2D eigenvalue weighted by atomic mass is 10.1. The molecule has 1 aliphatic heterocycles. The van der Waals surface area contributed by atoms with Gasteiger partial charge in [0.15, 0.2) is 0 Å². The lowest BCUT2D eigenvalue weighted by molar-refractivity contribution is -0.137. The van der Waals surface area contributed by atoms with Crippen LogP contribution in [0.5, 0.6) is 0 Å². The number of aliphatic carboxylic acids is 1. The monoisotopic (exact) mass is 307 g/mol. The fourth-order valence-corrected chi connectivity index (χ4v) is 2.42. The predicted octanol–water partition coefficient (Wildman–Crippen LogP) is 0.976. The molecule has 7 heteroatoms. The molecule has 7 nitrogen and oxygen atoms in total. The first-order chi connectivity index (χ1) is 10.6. The van der Waals surface area contributed by atoms with E-state index in [1.165, 1.54) is 0 Å². The molecule has 1 atom stereocenters. The van der Waals surface area contributed by atoms with E-state index in [0.29, 0.717) is 18.9 Å². The molecular formula is C15H21N3O4. The molecule has 2 N–H and O–H groups in total. The van der Waals surface area contributed by atoms with Gasteiger partial charge in [0.25, 0.3) is 5.91 Å². The number of carbonyl (C=O) groups is 2. The van der Waals surface area contributed by atoms with E-state index >= 15 is 0 Å². The molecule has 1 unspecified atom stereocenters. The number of rotatable bonds is 7. The summed E-state index contributed by atoms with van der Waals surface area (Å²) in [5.74, 6) is -0.526. The smallest absolute Gasteiger partial charge is 0.304 e. The standard InChI is InChI=1S/C15H21N3O4/c19-14(17-13-5-1-2-7-16-13)11-22-12-4-3-8-18(10-12)9-6-15(20)21/h1-2,5,7,12H,3-4,6,8-11H2,(H,20,21)(H,16,17,19). The zero-order chi connectivity index (χ0) is 15.8. The first kappa shape index (κ1) is 16.4.